The Labute approximate surface area is 130 Å². The van der Waals surface area contributed by atoms with Crippen molar-refractivity contribution in [2.45, 2.75) is 31.6 Å². The Kier molecular flexibility index (Phi) is 4.82. The number of nitrogens with two attached hydrogens (primary N) is 1. The van der Waals surface area contributed by atoms with Gasteiger partial charge in [0, 0.05) is 25.4 Å². The fraction of sp³-hybridized carbons (Fsp3) is 0.571. The van der Waals surface area contributed by atoms with E-state index in [0.29, 0.717) is 25.4 Å². The summed E-state index contributed by atoms with van der Waals surface area (Å²) in [5, 5.41) is 0.186. The summed E-state index contributed by atoms with van der Waals surface area (Å²) >= 11 is 6.05. The van der Waals surface area contributed by atoms with Crippen LogP contribution >= 0.6 is 11.6 Å². The van der Waals surface area contributed by atoms with E-state index in [0.717, 1.165) is 18.4 Å². The number of rotatable bonds is 4. The molecule has 1 saturated heterocycles. The van der Waals surface area contributed by atoms with Crippen molar-refractivity contribution >= 4 is 27.3 Å². The Morgan fingerprint density at radius 1 is 1.38 bits per heavy atom. The van der Waals surface area contributed by atoms with E-state index in [4.69, 9.17) is 22.1 Å². The molecule has 0 radical (unpaired) electrons. The lowest BCUT2D eigenvalue weighted by Gasteiger charge is -2.33. The summed E-state index contributed by atoms with van der Waals surface area (Å²) in [6, 6.07) is 2.98. The number of ether oxygens (including phenoxy) is 1. The molecule has 3 N–H and O–H groups in total. The third-order valence-corrected chi connectivity index (χ3v) is 5.86. The van der Waals surface area contributed by atoms with E-state index in [-0.39, 0.29) is 15.3 Å². The van der Waals surface area contributed by atoms with Gasteiger partial charge < -0.3 is 10.5 Å². The first-order valence-electron chi connectivity index (χ1n) is 6.87. The third kappa shape index (κ3) is 3.88. The summed E-state index contributed by atoms with van der Waals surface area (Å²) in [7, 11) is -3.67. The maximum Gasteiger partial charge on any atom is 0.242 e. The highest BCUT2D eigenvalue weighted by Gasteiger charge is 2.30. The molecule has 1 fully saturated rings. The molecule has 0 aliphatic carbocycles. The van der Waals surface area contributed by atoms with Gasteiger partial charge in [0.1, 0.15) is 4.90 Å². The maximum atomic E-state index is 12.4. The molecule has 7 heteroatoms. The predicted octanol–water partition coefficient (Wildman–Crippen LogP) is 2.33. The highest BCUT2D eigenvalue weighted by Crippen LogP contribution is 2.31. The highest BCUT2D eigenvalue weighted by molar-refractivity contribution is 7.89. The average molecular weight is 333 g/mol. The van der Waals surface area contributed by atoms with Gasteiger partial charge >= 0.3 is 0 Å². The number of aryl methyl sites for hydroxylation is 1. The van der Waals surface area contributed by atoms with Crippen LogP contribution in [0.5, 0.6) is 0 Å². The number of hydrogen-bond donors (Lipinski definition) is 2. The molecule has 0 saturated carbocycles. The van der Waals surface area contributed by atoms with Gasteiger partial charge in [-0.25, -0.2) is 13.1 Å². The molecule has 0 spiro atoms. The van der Waals surface area contributed by atoms with Gasteiger partial charge in [0.05, 0.1) is 5.02 Å². The van der Waals surface area contributed by atoms with Gasteiger partial charge in [-0.1, -0.05) is 18.5 Å². The maximum absolute atomic E-state index is 12.4. The molecule has 0 bridgehead atoms. The predicted molar refractivity (Wildman–Crippen MR) is 83.9 cm³/mol. The molecule has 21 heavy (non-hydrogen) atoms. The van der Waals surface area contributed by atoms with E-state index in [1.54, 1.807) is 13.0 Å². The van der Waals surface area contributed by atoms with E-state index < -0.39 is 10.0 Å². The van der Waals surface area contributed by atoms with Crippen molar-refractivity contribution in [2.24, 2.45) is 5.41 Å². The van der Waals surface area contributed by atoms with Crippen molar-refractivity contribution in [3.05, 3.63) is 22.7 Å². The molecule has 1 heterocycles. The van der Waals surface area contributed by atoms with Gasteiger partial charge in [0.15, 0.2) is 0 Å². The Morgan fingerprint density at radius 2 is 2.00 bits per heavy atom. The minimum Gasteiger partial charge on any atom is -0.398 e. The largest absolute Gasteiger partial charge is 0.398 e. The Bertz CT molecular complexity index is 625. The van der Waals surface area contributed by atoms with Crippen molar-refractivity contribution in [1.29, 1.82) is 0 Å². The molecule has 1 aliphatic rings. The zero-order valence-corrected chi connectivity index (χ0v) is 13.9. The van der Waals surface area contributed by atoms with Crippen molar-refractivity contribution in [3.8, 4) is 0 Å². The summed E-state index contributed by atoms with van der Waals surface area (Å²) in [6.45, 7) is 5.53. The van der Waals surface area contributed by atoms with Gasteiger partial charge in [-0.2, -0.15) is 0 Å². The highest BCUT2D eigenvalue weighted by atomic mass is 35.5. The zero-order valence-electron chi connectivity index (χ0n) is 12.3. The lowest BCUT2D eigenvalue weighted by molar-refractivity contribution is 0.0265. The van der Waals surface area contributed by atoms with Crippen molar-refractivity contribution in [3.63, 3.8) is 0 Å². The second kappa shape index (κ2) is 6.12. The molecule has 1 aliphatic heterocycles. The van der Waals surface area contributed by atoms with E-state index in [2.05, 4.69) is 11.6 Å². The Morgan fingerprint density at radius 3 is 2.62 bits per heavy atom. The van der Waals surface area contributed by atoms with Crippen LogP contribution in [0.1, 0.15) is 25.3 Å². The molecule has 0 unspecified atom stereocenters. The van der Waals surface area contributed by atoms with Crippen molar-refractivity contribution in [2.75, 3.05) is 25.5 Å². The first-order valence-corrected chi connectivity index (χ1v) is 8.73. The van der Waals surface area contributed by atoms with Crippen molar-refractivity contribution in [1.82, 2.24) is 4.72 Å². The molecule has 118 valence electrons. The van der Waals surface area contributed by atoms with Crippen LogP contribution in [0.4, 0.5) is 5.69 Å². The van der Waals surface area contributed by atoms with Crippen molar-refractivity contribution < 1.29 is 13.2 Å². The second-order valence-corrected chi connectivity index (χ2v) is 8.03. The summed E-state index contributed by atoms with van der Waals surface area (Å²) in [5.41, 5.74) is 6.87. The number of hydrogen-bond acceptors (Lipinski definition) is 4. The summed E-state index contributed by atoms with van der Waals surface area (Å²) in [4.78, 5) is 0.0305. The normalized spacial score (nSPS) is 18.6. The molecule has 0 amide bonds. The minimum atomic E-state index is -3.67. The summed E-state index contributed by atoms with van der Waals surface area (Å²) < 4.78 is 32.8. The molecule has 0 aromatic heterocycles. The summed E-state index contributed by atoms with van der Waals surface area (Å²) in [6.07, 6.45) is 1.67. The smallest absolute Gasteiger partial charge is 0.242 e. The standard InChI is InChI=1S/C14H21ClN2O3S/c1-10-7-11(15)13(8-12(10)16)21(18,19)17-9-14(2)3-5-20-6-4-14/h7-8,17H,3-6,9,16H2,1-2H3. The van der Waals surface area contributed by atoms with Gasteiger partial charge in [-0.05, 0) is 42.9 Å². The lowest BCUT2D eigenvalue weighted by Crippen LogP contribution is -2.39. The van der Waals surface area contributed by atoms with Crippen LogP contribution in [0.2, 0.25) is 5.02 Å². The summed E-state index contributed by atoms with van der Waals surface area (Å²) in [5.74, 6) is 0. The van der Waals surface area contributed by atoms with E-state index in [1.807, 2.05) is 0 Å². The first kappa shape index (κ1) is 16.5. The topological polar surface area (TPSA) is 81.4 Å². The number of benzene rings is 1. The van der Waals surface area contributed by atoms with Crippen LogP contribution in [-0.2, 0) is 14.8 Å². The number of anilines is 1. The lowest BCUT2D eigenvalue weighted by atomic mass is 9.83. The Balaban J connectivity index is 2.17. The average Bonchev–Trinajstić information content (AvgIpc) is 2.42. The zero-order chi connectivity index (χ0) is 15.7. The second-order valence-electron chi connectivity index (χ2n) is 5.89. The molecule has 5 nitrogen and oxygen atoms in total. The first-order chi connectivity index (χ1) is 9.73. The quantitative estimate of drug-likeness (QED) is 0.829. The van der Waals surface area contributed by atoms with Crippen LogP contribution in [0.3, 0.4) is 0 Å². The van der Waals surface area contributed by atoms with Gasteiger partial charge in [-0.3, -0.25) is 0 Å². The van der Waals surface area contributed by atoms with Crippen LogP contribution in [0.15, 0.2) is 17.0 Å². The van der Waals surface area contributed by atoms with Gasteiger partial charge in [-0.15, -0.1) is 0 Å². The molecule has 2 rings (SSSR count). The molecule has 0 atom stereocenters. The van der Waals surface area contributed by atoms with E-state index in [9.17, 15) is 8.42 Å². The van der Waals surface area contributed by atoms with Crippen LogP contribution in [0.25, 0.3) is 0 Å². The molecular formula is C14H21ClN2O3S. The number of halogens is 1. The Hall–Kier alpha value is -0.820. The SMILES string of the molecule is Cc1cc(Cl)c(S(=O)(=O)NCC2(C)CCOCC2)cc1N. The monoisotopic (exact) mass is 332 g/mol. The van der Waals surface area contributed by atoms with Crippen LogP contribution < -0.4 is 10.5 Å². The fourth-order valence-corrected chi connectivity index (χ4v) is 4.08. The molecule has 1 aromatic rings. The number of nitrogens with one attached hydrogen (secondary N) is 1. The molecule has 1 aromatic carbocycles. The number of nitrogen functional groups attached to an aromatic ring is 1. The van der Waals surface area contributed by atoms with E-state index in [1.165, 1.54) is 6.07 Å². The number of sulfonamides is 1. The fourth-order valence-electron chi connectivity index (χ4n) is 2.26. The van der Waals surface area contributed by atoms with Crippen LogP contribution in [-0.4, -0.2) is 28.2 Å². The molecular weight excluding hydrogens is 312 g/mol. The van der Waals surface area contributed by atoms with Gasteiger partial charge in [0.2, 0.25) is 10.0 Å². The third-order valence-electron chi connectivity index (χ3n) is 4.00. The van der Waals surface area contributed by atoms with Gasteiger partial charge in [0.25, 0.3) is 0 Å². The van der Waals surface area contributed by atoms with E-state index >= 15 is 0 Å². The minimum absolute atomic E-state index is 0.0305. The van der Waals surface area contributed by atoms with Crippen LogP contribution in [0, 0.1) is 12.3 Å².